The Morgan fingerprint density at radius 3 is 2.67 bits per heavy atom. The number of aryl methyl sites for hydroxylation is 1. The number of carbonyl (C=O) groups excluding carboxylic acids is 1. The maximum absolute atomic E-state index is 12.9. The first-order chi connectivity index (χ1) is 11.6. The van der Waals surface area contributed by atoms with Gasteiger partial charge in [-0.1, -0.05) is 12.1 Å². The molecule has 5 heteroatoms. The molecule has 0 unspecified atom stereocenters. The first kappa shape index (κ1) is 16.3. The van der Waals surface area contributed by atoms with E-state index in [1.807, 2.05) is 42.2 Å². The SMILES string of the molecule is COc1ccc([C@H]2CCCN2C(=O)c2cccc(C)n2)cc1OC. The van der Waals surface area contributed by atoms with Gasteiger partial charge in [0.1, 0.15) is 5.69 Å². The predicted molar refractivity (Wildman–Crippen MR) is 91.5 cm³/mol. The van der Waals surface area contributed by atoms with Crippen molar-refractivity contribution in [2.75, 3.05) is 20.8 Å². The van der Waals surface area contributed by atoms with Crippen molar-refractivity contribution in [3.8, 4) is 11.5 Å². The Labute approximate surface area is 142 Å². The summed E-state index contributed by atoms with van der Waals surface area (Å²) in [7, 11) is 3.24. The molecule has 2 aromatic rings. The average molecular weight is 326 g/mol. The first-order valence-electron chi connectivity index (χ1n) is 8.10. The molecule has 2 heterocycles. The van der Waals surface area contributed by atoms with Crippen molar-refractivity contribution in [3.05, 3.63) is 53.3 Å². The molecular formula is C19H22N2O3. The number of benzene rings is 1. The quantitative estimate of drug-likeness (QED) is 0.864. The Kier molecular flexibility index (Phi) is 4.69. The number of rotatable bonds is 4. The fourth-order valence-corrected chi connectivity index (χ4v) is 3.23. The molecule has 1 amide bonds. The number of nitrogens with zero attached hydrogens (tertiary/aromatic N) is 2. The van der Waals surface area contributed by atoms with Crippen LogP contribution in [-0.4, -0.2) is 36.6 Å². The van der Waals surface area contributed by atoms with E-state index in [-0.39, 0.29) is 11.9 Å². The van der Waals surface area contributed by atoms with Crippen LogP contribution in [0, 0.1) is 6.92 Å². The molecule has 3 rings (SSSR count). The Hall–Kier alpha value is -2.56. The summed E-state index contributed by atoms with van der Waals surface area (Å²) in [4.78, 5) is 19.1. The van der Waals surface area contributed by atoms with Gasteiger partial charge in [-0.05, 0) is 49.6 Å². The molecule has 1 saturated heterocycles. The van der Waals surface area contributed by atoms with Crippen molar-refractivity contribution >= 4 is 5.91 Å². The number of carbonyl (C=O) groups is 1. The Morgan fingerprint density at radius 2 is 1.96 bits per heavy atom. The smallest absolute Gasteiger partial charge is 0.272 e. The molecule has 126 valence electrons. The minimum atomic E-state index is -0.0176. The molecule has 1 fully saturated rings. The third kappa shape index (κ3) is 3.07. The Bertz CT molecular complexity index is 745. The van der Waals surface area contributed by atoms with Crippen molar-refractivity contribution in [3.63, 3.8) is 0 Å². The van der Waals surface area contributed by atoms with Crippen LogP contribution in [0.5, 0.6) is 11.5 Å². The normalized spacial score (nSPS) is 17.0. The first-order valence-corrected chi connectivity index (χ1v) is 8.10. The number of likely N-dealkylation sites (tertiary alicyclic amines) is 1. The fraction of sp³-hybridized carbons (Fsp3) is 0.368. The topological polar surface area (TPSA) is 51.7 Å². The number of methoxy groups -OCH3 is 2. The minimum Gasteiger partial charge on any atom is -0.493 e. The molecule has 0 saturated carbocycles. The second-order valence-electron chi connectivity index (χ2n) is 5.94. The van der Waals surface area contributed by atoms with E-state index in [9.17, 15) is 4.79 Å². The lowest BCUT2D eigenvalue weighted by Gasteiger charge is -2.25. The van der Waals surface area contributed by atoms with Crippen LogP contribution in [0.1, 0.15) is 40.6 Å². The maximum atomic E-state index is 12.9. The standard InChI is InChI=1S/C19H22N2O3/c1-13-6-4-7-15(20-13)19(22)21-11-5-8-16(21)14-9-10-17(23-2)18(12-14)24-3/h4,6-7,9-10,12,16H,5,8,11H2,1-3H3/t16-/m1/s1. The van der Waals surface area contributed by atoms with Gasteiger partial charge in [0, 0.05) is 12.2 Å². The van der Waals surface area contributed by atoms with Crippen LogP contribution in [-0.2, 0) is 0 Å². The average Bonchev–Trinajstić information content (AvgIpc) is 3.10. The zero-order valence-electron chi connectivity index (χ0n) is 14.3. The summed E-state index contributed by atoms with van der Waals surface area (Å²) in [6.07, 6.45) is 1.92. The molecule has 24 heavy (non-hydrogen) atoms. The summed E-state index contributed by atoms with van der Waals surface area (Å²) in [6.45, 7) is 2.64. The van der Waals surface area contributed by atoms with E-state index in [4.69, 9.17) is 9.47 Å². The van der Waals surface area contributed by atoms with Gasteiger partial charge in [-0.2, -0.15) is 0 Å². The summed E-state index contributed by atoms with van der Waals surface area (Å²) in [5.41, 5.74) is 2.41. The highest BCUT2D eigenvalue weighted by Crippen LogP contribution is 2.37. The summed E-state index contributed by atoms with van der Waals surface area (Å²) < 4.78 is 10.7. The number of pyridine rings is 1. The highest BCUT2D eigenvalue weighted by molar-refractivity contribution is 5.92. The molecule has 1 aromatic heterocycles. The number of hydrogen-bond acceptors (Lipinski definition) is 4. The molecule has 0 radical (unpaired) electrons. The van der Waals surface area contributed by atoms with Gasteiger partial charge in [0.15, 0.2) is 11.5 Å². The van der Waals surface area contributed by atoms with Crippen molar-refractivity contribution in [1.29, 1.82) is 0 Å². The molecule has 0 bridgehead atoms. The summed E-state index contributed by atoms with van der Waals surface area (Å²) >= 11 is 0. The second-order valence-corrected chi connectivity index (χ2v) is 5.94. The van der Waals surface area contributed by atoms with E-state index in [1.165, 1.54) is 0 Å². The van der Waals surface area contributed by atoms with Gasteiger partial charge in [-0.3, -0.25) is 4.79 Å². The van der Waals surface area contributed by atoms with Crippen LogP contribution in [0.4, 0.5) is 0 Å². The molecular weight excluding hydrogens is 304 g/mol. The molecule has 1 aliphatic heterocycles. The van der Waals surface area contributed by atoms with Gasteiger partial charge in [0.25, 0.3) is 5.91 Å². The minimum absolute atomic E-state index is 0.0176. The lowest BCUT2D eigenvalue weighted by molar-refractivity contribution is 0.0729. The zero-order valence-corrected chi connectivity index (χ0v) is 14.3. The highest BCUT2D eigenvalue weighted by atomic mass is 16.5. The second kappa shape index (κ2) is 6.91. The van der Waals surface area contributed by atoms with Gasteiger partial charge in [0.2, 0.25) is 0 Å². The summed E-state index contributed by atoms with van der Waals surface area (Å²) in [5, 5.41) is 0. The molecule has 5 nitrogen and oxygen atoms in total. The highest BCUT2D eigenvalue weighted by Gasteiger charge is 2.31. The number of aromatic nitrogens is 1. The summed E-state index contributed by atoms with van der Waals surface area (Å²) in [6, 6.07) is 11.4. The number of amides is 1. The Balaban J connectivity index is 1.89. The van der Waals surface area contributed by atoms with Crippen LogP contribution in [0.2, 0.25) is 0 Å². The largest absolute Gasteiger partial charge is 0.493 e. The maximum Gasteiger partial charge on any atom is 0.272 e. The summed E-state index contributed by atoms with van der Waals surface area (Å²) in [5.74, 6) is 1.36. The van der Waals surface area contributed by atoms with E-state index >= 15 is 0 Å². The number of ether oxygens (including phenoxy) is 2. The van der Waals surface area contributed by atoms with Crippen LogP contribution >= 0.6 is 0 Å². The monoisotopic (exact) mass is 326 g/mol. The van der Waals surface area contributed by atoms with Gasteiger partial charge in [-0.25, -0.2) is 4.98 Å². The van der Waals surface area contributed by atoms with E-state index in [2.05, 4.69) is 4.98 Å². The molecule has 1 atom stereocenters. The molecule has 0 aliphatic carbocycles. The third-order valence-electron chi connectivity index (χ3n) is 4.41. The van der Waals surface area contributed by atoms with Crippen molar-refractivity contribution < 1.29 is 14.3 Å². The molecule has 1 aromatic carbocycles. The lowest BCUT2D eigenvalue weighted by atomic mass is 10.0. The lowest BCUT2D eigenvalue weighted by Crippen LogP contribution is -2.31. The van der Waals surface area contributed by atoms with Gasteiger partial charge >= 0.3 is 0 Å². The van der Waals surface area contributed by atoms with Crippen molar-refractivity contribution in [1.82, 2.24) is 9.88 Å². The van der Waals surface area contributed by atoms with Crippen molar-refractivity contribution in [2.45, 2.75) is 25.8 Å². The van der Waals surface area contributed by atoms with Crippen LogP contribution < -0.4 is 9.47 Å². The molecule has 0 N–H and O–H groups in total. The molecule has 0 spiro atoms. The molecule has 1 aliphatic rings. The van der Waals surface area contributed by atoms with E-state index in [0.29, 0.717) is 17.2 Å². The fourth-order valence-electron chi connectivity index (χ4n) is 3.23. The van der Waals surface area contributed by atoms with Crippen LogP contribution in [0.25, 0.3) is 0 Å². The predicted octanol–water partition coefficient (Wildman–Crippen LogP) is 3.38. The Morgan fingerprint density at radius 1 is 1.17 bits per heavy atom. The zero-order chi connectivity index (χ0) is 17.1. The van der Waals surface area contributed by atoms with Gasteiger partial charge in [-0.15, -0.1) is 0 Å². The number of hydrogen-bond donors (Lipinski definition) is 0. The van der Waals surface area contributed by atoms with Crippen LogP contribution in [0.15, 0.2) is 36.4 Å². The van der Waals surface area contributed by atoms with Gasteiger partial charge < -0.3 is 14.4 Å². The van der Waals surface area contributed by atoms with Crippen LogP contribution in [0.3, 0.4) is 0 Å². The van der Waals surface area contributed by atoms with E-state index in [0.717, 1.165) is 30.6 Å². The van der Waals surface area contributed by atoms with E-state index < -0.39 is 0 Å². The third-order valence-corrected chi connectivity index (χ3v) is 4.41. The van der Waals surface area contributed by atoms with Gasteiger partial charge in [0.05, 0.1) is 20.3 Å². The van der Waals surface area contributed by atoms with E-state index in [1.54, 1.807) is 20.3 Å². The van der Waals surface area contributed by atoms with Crippen molar-refractivity contribution in [2.24, 2.45) is 0 Å².